The van der Waals surface area contributed by atoms with E-state index in [9.17, 15) is 4.79 Å². The number of fused-ring (bicyclic) bond motifs is 1. The van der Waals surface area contributed by atoms with Gasteiger partial charge in [0.2, 0.25) is 5.91 Å². The predicted octanol–water partition coefficient (Wildman–Crippen LogP) is 1.26. The van der Waals surface area contributed by atoms with E-state index in [-0.39, 0.29) is 11.3 Å². The molecule has 0 bridgehead atoms. The highest BCUT2D eigenvalue weighted by Crippen LogP contribution is 2.38. The highest BCUT2D eigenvalue weighted by atomic mass is 16.5. The zero-order valence-corrected chi connectivity index (χ0v) is 15.5. The molecule has 0 radical (unpaired) electrons. The maximum Gasteiger partial charge on any atom is 0.242 e. The van der Waals surface area contributed by atoms with Crippen molar-refractivity contribution in [3.05, 3.63) is 35.4 Å². The van der Waals surface area contributed by atoms with Crippen molar-refractivity contribution in [3.63, 3.8) is 0 Å². The minimum absolute atomic E-state index is 0.138. The highest BCUT2D eigenvalue weighted by molar-refractivity contribution is 5.86. The van der Waals surface area contributed by atoms with Crippen LogP contribution in [0.1, 0.15) is 24.0 Å². The van der Waals surface area contributed by atoms with E-state index in [0.29, 0.717) is 13.1 Å². The summed E-state index contributed by atoms with van der Waals surface area (Å²) in [5.74, 6) is 0.971. The fraction of sp³-hybridized carbons (Fsp3) is 0.600. The summed E-state index contributed by atoms with van der Waals surface area (Å²) in [5.41, 5.74) is 2.92. The summed E-state index contributed by atoms with van der Waals surface area (Å²) in [5, 5.41) is 3.28. The zero-order valence-electron chi connectivity index (χ0n) is 15.5. The van der Waals surface area contributed by atoms with Gasteiger partial charge < -0.3 is 19.9 Å². The molecule has 3 aliphatic rings. The Labute approximate surface area is 155 Å². The summed E-state index contributed by atoms with van der Waals surface area (Å²) in [7, 11) is 1.79. The van der Waals surface area contributed by atoms with Gasteiger partial charge in [-0.15, -0.1) is 0 Å². The first-order chi connectivity index (χ1) is 12.7. The van der Waals surface area contributed by atoms with Crippen molar-refractivity contribution >= 4 is 11.9 Å². The van der Waals surface area contributed by atoms with Crippen LogP contribution in [0.5, 0.6) is 0 Å². The van der Waals surface area contributed by atoms with Gasteiger partial charge >= 0.3 is 0 Å². The van der Waals surface area contributed by atoms with Gasteiger partial charge in [-0.05, 0) is 30.4 Å². The molecule has 0 saturated carbocycles. The number of benzene rings is 1. The van der Waals surface area contributed by atoms with Crippen LogP contribution in [0.15, 0.2) is 29.3 Å². The van der Waals surface area contributed by atoms with Gasteiger partial charge in [-0.3, -0.25) is 9.79 Å². The van der Waals surface area contributed by atoms with E-state index < -0.39 is 0 Å². The normalized spacial score (nSPS) is 25.7. The van der Waals surface area contributed by atoms with Crippen LogP contribution >= 0.6 is 0 Å². The lowest BCUT2D eigenvalue weighted by Gasteiger charge is -2.30. The Morgan fingerprint density at radius 2 is 2.08 bits per heavy atom. The molecule has 26 heavy (non-hydrogen) atoms. The molecule has 4 rings (SSSR count). The fourth-order valence-corrected chi connectivity index (χ4v) is 4.39. The third-order valence-corrected chi connectivity index (χ3v) is 6.02. The number of rotatable bonds is 2. The monoisotopic (exact) mass is 356 g/mol. The maximum atomic E-state index is 12.7. The SMILES string of the molecule is CN=C(NCC(=O)N1CCc2ccccc2C1)N1CCC2(CCOC2)C1. The third kappa shape index (κ3) is 3.43. The second-order valence-corrected chi connectivity index (χ2v) is 7.71. The molecule has 1 spiro atoms. The number of amides is 1. The van der Waals surface area contributed by atoms with E-state index in [1.165, 1.54) is 11.1 Å². The summed E-state index contributed by atoms with van der Waals surface area (Å²) < 4.78 is 5.60. The standard InChI is InChI=1S/C20H28N4O2/c1-21-19(24-10-7-20(14-24)8-11-26-15-20)22-12-18(25)23-9-6-16-4-2-3-5-17(16)13-23/h2-5H,6-15H2,1H3,(H,21,22). The van der Waals surface area contributed by atoms with Crippen molar-refractivity contribution in [1.29, 1.82) is 0 Å². The lowest BCUT2D eigenvalue weighted by molar-refractivity contribution is -0.130. The largest absolute Gasteiger partial charge is 0.381 e. The molecule has 0 aliphatic carbocycles. The molecule has 0 aromatic heterocycles. The number of nitrogens with zero attached hydrogens (tertiary/aromatic N) is 3. The Bertz CT molecular complexity index is 697. The highest BCUT2D eigenvalue weighted by Gasteiger charge is 2.42. The molecule has 6 heteroatoms. The van der Waals surface area contributed by atoms with Gasteiger partial charge in [-0.1, -0.05) is 24.3 Å². The summed E-state index contributed by atoms with van der Waals surface area (Å²) >= 11 is 0. The Morgan fingerprint density at radius 1 is 1.23 bits per heavy atom. The molecule has 1 unspecified atom stereocenters. The van der Waals surface area contributed by atoms with Gasteiger partial charge in [0.1, 0.15) is 0 Å². The number of likely N-dealkylation sites (tertiary alicyclic amines) is 1. The summed E-state index contributed by atoms with van der Waals surface area (Å²) in [6.07, 6.45) is 3.21. The fourth-order valence-electron chi connectivity index (χ4n) is 4.39. The average molecular weight is 356 g/mol. The van der Waals surface area contributed by atoms with E-state index in [2.05, 4.69) is 33.4 Å². The molecular formula is C20H28N4O2. The first-order valence-corrected chi connectivity index (χ1v) is 9.57. The second kappa shape index (κ2) is 7.27. The lowest BCUT2D eigenvalue weighted by atomic mass is 9.87. The Balaban J connectivity index is 1.31. The molecule has 3 heterocycles. The van der Waals surface area contributed by atoms with Gasteiger partial charge in [-0.2, -0.15) is 0 Å². The molecule has 140 valence electrons. The van der Waals surface area contributed by atoms with Crippen LogP contribution in [0.4, 0.5) is 0 Å². The third-order valence-electron chi connectivity index (χ3n) is 6.02. The van der Waals surface area contributed by atoms with Crippen LogP contribution in [0.2, 0.25) is 0 Å². The number of carbonyl (C=O) groups excluding carboxylic acids is 1. The van der Waals surface area contributed by atoms with Gasteiger partial charge in [-0.25, -0.2) is 0 Å². The number of nitrogens with one attached hydrogen (secondary N) is 1. The molecule has 1 amide bonds. The molecule has 1 N–H and O–H groups in total. The van der Waals surface area contributed by atoms with Crippen LogP contribution in [0, 0.1) is 5.41 Å². The number of guanidine groups is 1. The number of aliphatic imine (C=N–C) groups is 1. The maximum absolute atomic E-state index is 12.7. The van der Waals surface area contributed by atoms with E-state index in [1.807, 2.05) is 11.0 Å². The summed E-state index contributed by atoms with van der Waals surface area (Å²) in [6, 6.07) is 8.39. The van der Waals surface area contributed by atoms with Crippen LogP contribution in [-0.4, -0.2) is 68.1 Å². The first-order valence-electron chi connectivity index (χ1n) is 9.57. The van der Waals surface area contributed by atoms with E-state index in [1.54, 1.807) is 7.05 Å². The number of hydrogen-bond acceptors (Lipinski definition) is 3. The average Bonchev–Trinajstić information content (AvgIpc) is 3.32. The van der Waals surface area contributed by atoms with Gasteiger partial charge in [0.05, 0.1) is 13.2 Å². The quantitative estimate of drug-likeness (QED) is 0.640. The van der Waals surface area contributed by atoms with E-state index in [4.69, 9.17) is 4.74 Å². The number of ether oxygens (including phenoxy) is 1. The molecule has 1 aromatic carbocycles. The van der Waals surface area contributed by atoms with Crippen LogP contribution in [0.25, 0.3) is 0 Å². The molecular weight excluding hydrogens is 328 g/mol. The molecule has 1 aromatic rings. The van der Waals surface area contributed by atoms with Crippen molar-refractivity contribution in [2.75, 3.05) is 46.4 Å². The molecule has 2 saturated heterocycles. The minimum Gasteiger partial charge on any atom is -0.381 e. The molecule has 3 aliphatic heterocycles. The van der Waals surface area contributed by atoms with Crippen LogP contribution in [0.3, 0.4) is 0 Å². The van der Waals surface area contributed by atoms with Crippen molar-refractivity contribution in [1.82, 2.24) is 15.1 Å². The Morgan fingerprint density at radius 3 is 2.85 bits per heavy atom. The number of hydrogen-bond donors (Lipinski definition) is 1. The van der Waals surface area contributed by atoms with Gasteiger partial charge in [0, 0.05) is 45.2 Å². The molecule has 6 nitrogen and oxygen atoms in total. The zero-order chi connectivity index (χ0) is 18.0. The Hall–Kier alpha value is -2.08. The van der Waals surface area contributed by atoms with Crippen molar-refractivity contribution < 1.29 is 9.53 Å². The summed E-state index contributed by atoms with van der Waals surface area (Å²) in [6.45, 7) is 5.47. The predicted molar refractivity (Wildman–Crippen MR) is 101 cm³/mol. The van der Waals surface area contributed by atoms with E-state index >= 15 is 0 Å². The van der Waals surface area contributed by atoms with Crippen LogP contribution < -0.4 is 5.32 Å². The topological polar surface area (TPSA) is 57.2 Å². The van der Waals surface area contributed by atoms with Crippen molar-refractivity contribution in [2.45, 2.75) is 25.8 Å². The van der Waals surface area contributed by atoms with Gasteiger partial charge in [0.15, 0.2) is 5.96 Å². The first kappa shape index (κ1) is 17.3. The smallest absolute Gasteiger partial charge is 0.242 e. The van der Waals surface area contributed by atoms with Crippen molar-refractivity contribution in [2.24, 2.45) is 10.4 Å². The molecule has 1 atom stereocenters. The van der Waals surface area contributed by atoms with Gasteiger partial charge in [0.25, 0.3) is 0 Å². The molecule has 2 fully saturated rings. The lowest BCUT2D eigenvalue weighted by Crippen LogP contribution is -2.47. The second-order valence-electron chi connectivity index (χ2n) is 7.71. The Kier molecular flexibility index (Phi) is 4.85. The number of carbonyl (C=O) groups is 1. The van der Waals surface area contributed by atoms with Crippen molar-refractivity contribution in [3.8, 4) is 0 Å². The van der Waals surface area contributed by atoms with Crippen LogP contribution in [-0.2, 0) is 22.5 Å². The summed E-state index contributed by atoms with van der Waals surface area (Å²) in [4.78, 5) is 21.3. The van der Waals surface area contributed by atoms with E-state index in [0.717, 1.165) is 58.1 Å². The minimum atomic E-state index is 0.138.